The number of esters is 2. The highest BCUT2D eigenvalue weighted by atomic mass is 16.6. The zero-order valence-electron chi connectivity index (χ0n) is 19.5. The Hall–Kier alpha value is -2.70. The highest BCUT2D eigenvalue weighted by molar-refractivity contribution is 5.78. The van der Waals surface area contributed by atoms with Gasteiger partial charge in [0.2, 0.25) is 0 Å². The lowest BCUT2D eigenvalue weighted by molar-refractivity contribution is -0.147. The number of carbonyl (C=O) groups excluding carboxylic acids is 2. The average Bonchev–Trinajstić information content (AvgIpc) is 2.80. The van der Waals surface area contributed by atoms with Crippen molar-refractivity contribution < 1.29 is 28.5 Å². The van der Waals surface area contributed by atoms with E-state index in [1.807, 2.05) is 24.3 Å². The van der Waals surface area contributed by atoms with Crippen molar-refractivity contribution in [1.82, 2.24) is 0 Å². The van der Waals surface area contributed by atoms with Crippen molar-refractivity contribution in [2.75, 3.05) is 13.2 Å². The second-order valence-corrected chi connectivity index (χ2v) is 7.62. The molecule has 0 fully saturated rings. The van der Waals surface area contributed by atoms with Crippen LogP contribution in [0.1, 0.15) is 53.4 Å². The molecule has 0 aromatic heterocycles. The van der Waals surface area contributed by atoms with E-state index in [2.05, 4.69) is 13.8 Å². The van der Waals surface area contributed by atoms with Crippen molar-refractivity contribution in [3.63, 3.8) is 0 Å². The molecule has 0 aliphatic rings. The first-order valence-corrected chi connectivity index (χ1v) is 11.3. The Bertz CT molecular complexity index is 757. The molecule has 2 aromatic rings. The maximum absolute atomic E-state index is 12.1. The van der Waals surface area contributed by atoms with E-state index in [1.54, 1.807) is 38.1 Å². The van der Waals surface area contributed by atoms with Gasteiger partial charge in [-0.25, -0.2) is 9.59 Å². The van der Waals surface area contributed by atoms with Crippen molar-refractivity contribution in [2.24, 2.45) is 0 Å². The minimum atomic E-state index is -0.601. The zero-order valence-corrected chi connectivity index (χ0v) is 19.5. The number of benzene rings is 2. The van der Waals surface area contributed by atoms with Crippen molar-refractivity contribution in [3.8, 4) is 22.6 Å². The van der Waals surface area contributed by atoms with Crippen LogP contribution in [-0.4, -0.2) is 37.4 Å². The molecule has 32 heavy (non-hydrogen) atoms. The molecule has 0 saturated heterocycles. The van der Waals surface area contributed by atoms with Gasteiger partial charge in [-0.2, -0.15) is 0 Å². The van der Waals surface area contributed by atoms with Crippen LogP contribution in [0.2, 0.25) is 0 Å². The summed E-state index contributed by atoms with van der Waals surface area (Å²) >= 11 is 0. The SMILES string of the molecule is CCCCOC(C)C(=O)Oc1ccc(-c2ccc(OC(=O)C(C)OCCCC)cc2)cc1. The molecule has 0 saturated carbocycles. The number of hydrogen-bond acceptors (Lipinski definition) is 6. The van der Waals surface area contributed by atoms with E-state index in [9.17, 15) is 9.59 Å². The molecule has 6 nitrogen and oxygen atoms in total. The summed E-state index contributed by atoms with van der Waals surface area (Å²) in [5, 5.41) is 0. The van der Waals surface area contributed by atoms with Crippen LogP contribution in [0.15, 0.2) is 48.5 Å². The standard InChI is InChI=1S/C26H34O6/c1-5-7-17-29-19(3)25(27)31-23-13-9-21(10-14-23)22-11-15-24(16-12-22)32-26(28)20(4)30-18-8-6-2/h9-16,19-20H,5-8,17-18H2,1-4H3. The monoisotopic (exact) mass is 442 g/mol. The summed E-state index contributed by atoms with van der Waals surface area (Å²) in [7, 11) is 0. The Morgan fingerprint density at radius 3 is 1.31 bits per heavy atom. The molecule has 0 heterocycles. The largest absolute Gasteiger partial charge is 0.425 e. The molecule has 6 heteroatoms. The van der Waals surface area contributed by atoms with Crippen molar-refractivity contribution >= 4 is 11.9 Å². The van der Waals surface area contributed by atoms with E-state index < -0.39 is 24.1 Å². The lowest BCUT2D eigenvalue weighted by Crippen LogP contribution is -2.26. The van der Waals surface area contributed by atoms with Crippen LogP contribution in [0.25, 0.3) is 11.1 Å². The maximum atomic E-state index is 12.1. The van der Waals surface area contributed by atoms with Gasteiger partial charge in [0, 0.05) is 13.2 Å². The van der Waals surface area contributed by atoms with Gasteiger partial charge in [0.25, 0.3) is 0 Å². The number of rotatable bonds is 13. The summed E-state index contributed by atoms with van der Waals surface area (Å²) in [5.41, 5.74) is 1.90. The summed E-state index contributed by atoms with van der Waals surface area (Å²) in [5.74, 6) is 0.112. The van der Waals surface area contributed by atoms with Crippen molar-refractivity contribution in [2.45, 2.75) is 65.6 Å². The highest BCUT2D eigenvalue weighted by Gasteiger charge is 2.17. The summed E-state index contributed by atoms with van der Waals surface area (Å²) in [6.07, 6.45) is 2.65. The van der Waals surface area contributed by atoms with Gasteiger partial charge in [0.1, 0.15) is 11.5 Å². The van der Waals surface area contributed by atoms with Crippen LogP contribution in [-0.2, 0) is 19.1 Å². The molecule has 0 radical (unpaired) electrons. The molecule has 0 aliphatic heterocycles. The Balaban J connectivity index is 1.89. The molecule has 0 bridgehead atoms. The first-order valence-electron chi connectivity index (χ1n) is 11.3. The fraction of sp³-hybridized carbons (Fsp3) is 0.462. The van der Waals surface area contributed by atoms with E-state index in [1.165, 1.54) is 0 Å². The lowest BCUT2D eigenvalue weighted by Gasteiger charge is -2.13. The first-order chi connectivity index (χ1) is 15.4. The van der Waals surface area contributed by atoms with E-state index >= 15 is 0 Å². The quantitative estimate of drug-likeness (QED) is 0.229. The van der Waals surface area contributed by atoms with E-state index in [0.717, 1.165) is 36.8 Å². The Labute approximate surface area is 190 Å². The Morgan fingerprint density at radius 1 is 0.656 bits per heavy atom. The number of carbonyl (C=O) groups is 2. The average molecular weight is 443 g/mol. The van der Waals surface area contributed by atoms with Crippen molar-refractivity contribution in [3.05, 3.63) is 48.5 Å². The minimum absolute atomic E-state index is 0.409. The van der Waals surface area contributed by atoms with E-state index in [-0.39, 0.29) is 0 Å². The minimum Gasteiger partial charge on any atom is -0.425 e. The molecule has 2 aromatic carbocycles. The second kappa shape index (κ2) is 13.7. The van der Waals surface area contributed by atoms with Gasteiger partial charge >= 0.3 is 11.9 Å². The Morgan fingerprint density at radius 2 is 1.00 bits per heavy atom. The molecule has 0 aliphatic carbocycles. The van der Waals surface area contributed by atoms with E-state index in [4.69, 9.17) is 18.9 Å². The number of unbranched alkanes of at least 4 members (excludes halogenated alkanes) is 2. The van der Waals surface area contributed by atoms with Crippen molar-refractivity contribution in [1.29, 1.82) is 0 Å². The smallest absolute Gasteiger partial charge is 0.340 e. The van der Waals surface area contributed by atoms with Crippen LogP contribution >= 0.6 is 0 Å². The summed E-state index contributed by atoms with van der Waals surface area (Å²) in [6, 6.07) is 14.5. The zero-order chi connectivity index (χ0) is 23.3. The summed E-state index contributed by atoms with van der Waals surface area (Å²) < 4.78 is 21.7. The fourth-order valence-electron chi connectivity index (χ4n) is 2.77. The van der Waals surface area contributed by atoms with Gasteiger partial charge in [0.05, 0.1) is 0 Å². The molecule has 0 N–H and O–H groups in total. The molecule has 2 atom stereocenters. The van der Waals surface area contributed by atoms with Crippen LogP contribution in [0.3, 0.4) is 0 Å². The third-order valence-corrected chi connectivity index (χ3v) is 4.87. The summed E-state index contributed by atoms with van der Waals surface area (Å²) in [6.45, 7) is 8.61. The number of ether oxygens (including phenoxy) is 4. The third kappa shape index (κ3) is 8.44. The molecular formula is C26H34O6. The van der Waals surface area contributed by atoms with Gasteiger partial charge in [-0.3, -0.25) is 0 Å². The normalized spacial score (nSPS) is 12.8. The first kappa shape index (κ1) is 25.6. The molecular weight excluding hydrogens is 408 g/mol. The molecule has 174 valence electrons. The van der Waals surface area contributed by atoms with Crippen LogP contribution < -0.4 is 9.47 Å². The fourth-order valence-corrected chi connectivity index (χ4v) is 2.77. The lowest BCUT2D eigenvalue weighted by atomic mass is 10.1. The molecule has 2 unspecified atom stereocenters. The highest BCUT2D eigenvalue weighted by Crippen LogP contribution is 2.25. The van der Waals surface area contributed by atoms with Gasteiger partial charge < -0.3 is 18.9 Å². The van der Waals surface area contributed by atoms with Crippen LogP contribution in [0.4, 0.5) is 0 Å². The molecule has 0 spiro atoms. The molecule has 2 rings (SSSR count). The molecule has 0 amide bonds. The van der Waals surface area contributed by atoms with Gasteiger partial charge in [-0.1, -0.05) is 51.0 Å². The van der Waals surface area contributed by atoms with Crippen LogP contribution in [0, 0.1) is 0 Å². The maximum Gasteiger partial charge on any atom is 0.340 e. The topological polar surface area (TPSA) is 71.1 Å². The third-order valence-electron chi connectivity index (χ3n) is 4.87. The predicted octanol–water partition coefficient (Wildman–Crippen LogP) is 5.57. The second-order valence-electron chi connectivity index (χ2n) is 7.62. The van der Waals surface area contributed by atoms with Gasteiger partial charge in [0.15, 0.2) is 12.2 Å². The predicted molar refractivity (Wildman–Crippen MR) is 124 cm³/mol. The van der Waals surface area contributed by atoms with Gasteiger partial charge in [-0.15, -0.1) is 0 Å². The van der Waals surface area contributed by atoms with Crippen LogP contribution in [0.5, 0.6) is 11.5 Å². The summed E-state index contributed by atoms with van der Waals surface area (Å²) in [4.78, 5) is 24.2. The van der Waals surface area contributed by atoms with E-state index in [0.29, 0.717) is 24.7 Å². The number of hydrogen-bond donors (Lipinski definition) is 0. The van der Waals surface area contributed by atoms with Gasteiger partial charge in [-0.05, 0) is 62.1 Å². The Kier molecular flexibility index (Phi) is 10.9.